The number of rotatable bonds is 7. The lowest BCUT2D eigenvalue weighted by Gasteiger charge is -2.50. The number of carbonyl (C=O) groups excluding carboxylic acids is 2. The van der Waals surface area contributed by atoms with Gasteiger partial charge >= 0.3 is 11.9 Å². The monoisotopic (exact) mass is 682 g/mol. The number of aliphatic hydroxyl groups is 1. The molecule has 1 N–H and O–H groups in total. The number of carbonyl (C=O) groups is 2. The maximum atomic E-state index is 14.1. The summed E-state index contributed by atoms with van der Waals surface area (Å²) in [6.07, 6.45) is 1.56. The lowest BCUT2D eigenvalue weighted by molar-refractivity contribution is -0.150. The van der Waals surface area contributed by atoms with Crippen LogP contribution in [0.15, 0.2) is 152 Å². The minimum absolute atomic E-state index is 0.0794. The first-order chi connectivity index (χ1) is 25.4. The summed E-state index contributed by atoms with van der Waals surface area (Å²) in [6, 6.07) is 45.5. The van der Waals surface area contributed by atoms with E-state index in [4.69, 9.17) is 14.2 Å². The summed E-state index contributed by atoms with van der Waals surface area (Å²) in [7, 11) is 1.63. The Bertz CT molecular complexity index is 2360. The third-order valence-electron chi connectivity index (χ3n) is 11.2. The van der Waals surface area contributed by atoms with Crippen LogP contribution in [-0.4, -0.2) is 24.2 Å². The van der Waals surface area contributed by atoms with Crippen molar-refractivity contribution in [3.8, 4) is 28.4 Å². The zero-order valence-electron chi connectivity index (χ0n) is 28.4. The number of ether oxygens (including phenoxy) is 3. The molecule has 6 aromatic rings. The summed E-state index contributed by atoms with van der Waals surface area (Å²) in [4.78, 5) is 26.1. The highest BCUT2D eigenvalue weighted by Crippen LogP contribution is 2.59. The standard InChI is InChI=1S/C46H34O6/c1-3-43(47)51-30-20-16-28(17-21-30)45(38-13-7-4-10-33(38)34-11-5-8-14-39(34)45)29-18-22-31(23-19-29)52-44(48)42-27-36-35-12-6-9-15-40(35)46(42,49)41-25-24-32(50-2)26-37(36)41/h3-26,36,42,49H,1,27H2,2H3. The lowest BCUT2D eigenvalue weighted by Crippen LogP contribution is -2.51. The van der Waals surface area contributed by atoms with E-state index in [2.05, 4.69) is 30.8 Å². The van der Waals surface area contributed by atoms with Crippen LogP contribution in [0, 0.1) is 5.92 Å². The Morgan fingerprint density at radius 3 is 1.77 bits per heavy atom. The smallest absolute Gasteiger partial charge is 0.335 e. The van der Waals surface area contributed by atoms with Gasteiger partial charge in [-0.2, -0.15) is 0 Å². The summed E-state index contributed by atoms with van der Waals surface area (Å²) < 4.78 is 17.0. The first kappa shape index (κ1) is 31.7. The molecule has 3 atom stereocenters. The molecule has 6 aromatic carbocycles. The maximum Gasteiger partial charge on any atom is 0.335 e. The predicted octanol–water partition coefficient (Wildman–Crippen LogP) is 8.46. The fourth-order valence-corrected chi connectivity index (χ4v) is 8.98. The highest BCUT2D eigenvalue weighted by molar-refractivity contribution is 5.87. The minimum Gasteiger partial charge on any atom is -0.497 e. The first-order valence-corrected chi connectivity index (χ1v) is 17.3. The average molecular weight is 683 g/mol. The molecule has 2 bridgehead atoms. The summed E-state index contributed by atoms with van der Waals surface area (Å²) in [5, 5.41) is 12.5. The molecule has 6 heteroatoms. The third kappa shape index (κ3) is 4.47. The summed E-state index contributed by atoms with van der Waals surface area (Å²) in [6.45, 7) is 3.50. The summed E-state index contributed by atoms with van der Waals surface area (Å²) in [5.74, 6) is -0.357. The number of methoxy groups -OCH3 is 1. The van der Waals surface area contributed by atoms with Gasteiger partial charge in [-0.25, -0.2) is 4.79 Å². The van der Waals surface area contributed by atoms with Crippen molar-refractivity contribution in [2.75, 3.05) is 7.11 Å². The number of benzene rings is 6. The molecule has 0 saturated carbocycles. The highest BCUT2D eigenvalue weighted by atomic mass is 16.5. The van der Waals surface area contributed by atoms with Gasteiger partial charge in [0, 0.05) is 12.0 Å². The van der Waals surface area contributed by atoms with Crippen LogP contribution in [0.3, 0.4) is 0 Å². The Kier molecular flexibility index (Phi) is 7.28. The molecule has 4 aliphatic rings. The molecule has 6 nitrogen and oxygen atoms in total. The van der Waals surface area contributed by atoms with E-state index < -0.39 is 28.9 Å². The third-order valence-corrected chi connectivity index (χ3v) is 11.2. The van der Waals surface area contributed by atoms with Gasteiger partial charge in [0.05, 0.1) is 18.4 Å². The molecule has 0 saturated heterocycles. The van der Waals surface area contributed by atoms with E-state index in [9.17, 15) is 14.7 Å². The highest BCUT2D eigenvalue weighted by Gasteiger charge is 2.57. The molecular weight excluding hydrogens is 649 g/mol. The minimum atomic E-state index is -1.54. The predicted molar refractivity (Wildman–Crippen MR) is 198 cm³/mol. The lowest BCUT2D eigenvalue weighted by atomic mass is 9.56. The van der Waals surface area contributed by atoms with E-state index in [1.165, 1.54) is 0 Å². The zero-order valence-corrected chi connectivity index (χ0v) is 28.4. The van der Waals surface area contributed by atoms with E-state index in [0.717, 1.165) is 56.1 Å². The van der Waals surface area contributed by atoms with Gasteiger partial charge in [0.1, 0.15) is 22.8 Å². The van der Waals surface area contributed by atoms with Crippen molar-refractivity contribution >= 4 is 11.9 Å². The van der Waals surface area contributed by atoms with Gasteiger partial charge in [-0.3, -0.25) is 4.79 Å². The number of hydrogen-bond acceptors (Lipinski definition) is 6. The topological polar surface area (TPSA) is 82.1 Å². The molecule has 10 rings (SSSR count). The molecule has 4 aliphatic carbocycles. The zero-order chi connectivity index (χ0) is 35.6. The Morgan fingerprint density at radius 2 is 1.17 bits per heavy atom. The van der Waals surface area contributed by atoms with Crippen molar-refractivity contribution < 1.29 is 28.9 Å². The van der Waals surface area contributed by atoms with E-state index in [-0.39, 0.29) is 5.92 Å². The fraction of sp³-hybridized carbons (Fsp3) is 0.130. The quantitative estimate of drug-likeness (QED) is 0.103. The van der Waals surface area contributed by atoms with Crippen molar-refractivity contribution in [2.45, 2.75) is 23.4 Å². The molecule has 0 spiro atoms. The molecule has 52 heavy (non-hydrogen) atoms. The van der Waals surface area contributed by atoms with Crippen molar-refractivity contribution in [3.05, 3.63) is 197 Å². The van der Waals surface area contributed by atoms with Gasteiger partial charge < -0.3 is 19.3 Å². The van der Waals surface area contributed by atoms with Crippen LogP contribution in [0.4, 0.5) is 0 Å². The van der Waals surface area contributed by atoms with Gasteiger partial charge in [-0.15, -0.1) is 0 Å². The normalized spacial score (nSPS) is 19.7. The molecule has 0 radical (unpaired) electrons. The first-order valence-electron chi connectivity index (χ1n) is 17.3. The van der Waals surface area contributed by atoms with Crippen LogP contribution in [-0.2, 0) is 20.6 Å². The van der Waals surface area contributed by atoms with E-state index >= 15 is 0 Å². The number of esters is 2. The van der Waals surface area contributed by atoms with Crippen molar-refractivity contribution in [1.82, 2.24) is 0 Å². The van der Waals surface area contributed by atoms with Crippen LogP contribution in [0.25, 0.3) is 11.1 Å². The van der Waals surface area contributed by atoms with E-state index in [1.807, 2.05) is 103 Å². The van der Waals surface area contributed by atoms with Crippen LogP contribution >= 0.6 is 0 Å². The Hall–Kier alpha value is -6.24. The maximum absolute atomic E-state index is 14.1. The molecule has 0 fully saturated rings. The largest absolute Gasteiger partial charge is 0.497 e. The van der Waals surface area contributed by atoms with E-state index in [0.29, 0.717) is 29.2 Å². The van der Waals surface area contributed by atoms with Crippen molar-refractivity contribution in [3.63, 3.8) is 0 Å². The molecule has 0 aliphatic heterocycles. The second-order valence-electron chi connectivity index (χ2n) is 13.6. The summed E-state index contributed by atoms with van der Waals surface area (Å²) >= 11 is 0. The number of fused-ring (bicyclic) bond motifs is 4. The fourth-order valence-electron chi connectivity index (χ4n) is 8.98. The van der Waals surface area contributed by atoms with Gasteiger partial charge in [-0.1, -0.05) is 110 Å². The van der Waals surface area contributed by atoms with Gasteiger partial charge in [0.2, 0.25) is 0 Å². The molecule has 3 unspecified atom stereocenters. The SMILES string of the molecule is C=CC(=O)Oc1ccc(C2(c3ccc(OC(=O)C4CC5c6ccccc6C4(O)c4ccc(OC)cc45)cc3)c3ccccc3-c3ccccc32)cc1. The Balaban J connectivity index is 1.09. The molecule has 0 aromatic heterocycles. The summed E-state index contributed by atoms with van der Waals surface area (Å²) in [5.41, 5.74) is 7.67. The van der Waals surface area contributed by atoms with Crippen LogP contribution in [0.2, 0.25) is 0 Å². The van der Waals surface area contributed by atoms with Gasteiger partial charge in [0.25, 0.3) is 0 Å². The molecule has 254 valence electrons. The van der Waals surface area contributed by atoms with Crippen LogP contribution in [0.1, 0.15) is 56.8 Å². The van der Waals surface area contributed by atoms with Crippen molar-refractivity contribution in [1.29, 1.82) is 0 Å². The van der Waals surface area contributed by atoms with Crippen molar-refractivity contribution in [2.24, 2.45) is 5.92 Å². The Labute approximate surface area is 301 Å². The van der Waals surface area contributed by atoms with Crippen LogP contribution < -0.4 is 14.2 Å². The van der Waals surface area contributed by atoms with Gasteiger partial charge in [-0.05, 0) is 98.5 Å². The van der Waals surface area contributed by atoms with Gasteiger partial charge in [0.15, 0.2) is 0 Å². The number of hydrogen-bond donors (Lipinski definition) is 1. The average Bonchev–Trinajstić information content (AvgIpc) is 3.49. The molecular formula is C46H34O6. The second kappa shape index (κ2) is 11.9. The molecule has 0 heterocycles. The molecule has 0 amide bonds. The second-order valence-corrected chi connectivity index (χ2v) is 13.6. The van der Waals surface area contributed by atoms with E-state index in [1.54, 1.807) is 19.2 Å². The Morgan fingerprint density at radius 1 is 0.654 bits per heavy atom. The van der Waals surface area contributed by atoms with Crippen LogP contribution in [0.5, 0.6) is 17.2 Å².